The Morgan fingerprint density at radius 1 is 0.943 bits per heavy atom. The fourth-order valence-electron chi connectivity index (χ4n) is 3.52. The first-order chi connectivity index (χ1) is 17.0. The molecule has 1 aliphatic heterocycles. The Labute approximate surface area is 202 Å². The number of hydrogen-bond donors (Lipinski definition) is 0. The summed E-state index contributed by atoms with van der Waals surface area (Å²) in [7, 11) is 1.56. The zero-order chi connectivity index (χ0) is 24.8. The number of carbonyl (C=O) groups excluding carboxylic acids is 1. The predicted molar refractivity (Wildman–Crippen MR) is 132 cm³/mol. The van der Waals surface area contributed by atoms with Gasteiger partial charge in [0.25, 0.3) is 11.6 Å². The van der Waals surface area contributed by atoms with Crippen LogP contribution in [0, 0.1) is 10.1 Å². The van der Waals surface area contributed by atoms with Crippen molar-refractivity contribution in [3.63, 3.8) is 0 Å². The highest BCUT2D eigenvalue weighted by Crippen LogP contribution is 2.30. The Hall–Kier alpha value is -4.66. The molecule has 0 N–H and O–H groups in total. The molecule has 1 amide bonds. The van der Waals surface area contributed by atoms with Crippen molar-refractivity contribution in [2.24, 2.45) is 5.10 Å². The first-order valence-corrected chi connectivity index (χ1v) is 10.8. The van der Waals surface area contributed by atoms with Crippen LogP contribution in [-0.2, 0) is 4.79 Å². The number of hydrazone groups is 1. The first-order valence-electron chi connectivity index (χ1n) is 10.8. The van der Waals surface area contributed by atoms with Gasteiger partial charge in [0.05, 0.1) is 29.0 Å². The van der Waals surface area contributed by atoms with E-state index in [0.717, 1.165) is 0 Å². The van der Waals surface area contributed by atoms with Gasteiger partial charge in [-0.25, -0.2) is 0 Å². The van der Waals surface area contributed by atoms with E-state index in [1.54, 1.807) is 44.4 Å². The van der Waals surface area contributed by atoms with Gasteiger partial charge in [0.1, 0.15) is 19.0 Å². The average Bonchev–Trinajstić information content (AvgIpc) is 3.16. The van der Waals surface area contributed by atoms with E-state index in [-0.39, 0.29) is 24.8 Å². The predicted octanol–water partition coefficient (Wildman–Crippen LogP) is 4.87. The van der Waals surface area contributed by atoms with Crippen molar-refractivity contribution in [2.75, 3.05) is 25.3 Å². The minimum absolute atomic E-state index is 0.116. The summed E-state index contributed by atoms with van der Waals surface area (Å²) in [6.45, 7) is 2.10. The van der Waals surface area contributed by atoms with Crippen LogP contribution in [0.3, 0.4) is 0 Å². The highest BCUT2D eigenvalue weighted by Gasteiger charge is 2.29. The number of nitrogens with zero attached hydrogens (tertiary/aromatic N) is 3. The van der Waals surface area contributed by atoms with Crippen LogP contribution in [0.25, 0.3) is 6.08 Å². The topological polar surface area (TPSA) is 104 Å². The summed E-state index contributed by atoms with van der Waals surface area (Å²) in [6, 6.07) is 20.5. The maximum absolute atomic E-state index is 13.1. The third-order valence-corrected chi connectivity index (χ3v) is 5.23. The first kappa shape index (κ1) is 23.5. The molecule has 1 aliphatic rings. The van der Waals surface area contributed by atoms with Crippen LogP contribution >= 0.6 is 0 Å². The second kappa shape index (κ2) is 10.5. The highest BCUT2D eigenvalue weighted by molar-refractivity contribution is 6.32. The number of benzene rings is 3. The Morgan fingerprint density at radius 2 is 1.60 bits per heavy atom. The number of anilines is 1. The summed E-state index contributed by atoms with van der Waals surface area (Å²) in [4.78, 5) is 23.9. The van der Waals surface area contributed by atoms with Gasteiger partial charge >= 0.3 is 0 Å². The quantitative estimate of drug-likeness (QED) is 0.190. The number of hydrogen-bond acceptors (Lipinski definition) is 7. The fourth-order valence-corrected chi connectivity index (χ4v) is 3.52. The van der Waals surface area contributed by atoms with Crippen molar-refractivity contribution in [2.45, 2.75) is 6.92 Å². The molecular weight excluding hydrogens is 450 g/mol. The molecule has 3 aromatic rings. The lowest BCUT2D eigenvalue weighted by Gasteiger charge is -2.13. The lowest BCUT2D eigenvalue weighted by atomic mass is 10.1. The monoisotopic (exact) mass is 473 g/mol. The summed E-state index contributed by atoms with van der Waals surface area (Å²) in [6.07, 6.45) is 1.56. The molecule has 0 aromatic heterocycles. The van der Waals surface area contributed by atoms with Crippen LogP contribution in [-0.4, -0.2) is 36.9 Å². The van der Waals surface area contributed by atoms with Crippen molar-refractivity contribution in [1.29, 1.82) is 0 Å². The fraction of sp³-hybridized carbons (Fsp3) is 0.154. The third-order valence-electron chi connectivity index (χ3n) is 5.23. The second-order valence-electron chi connectivity index (χ2n) is 7.52. The van der Waals surface area contributed by atoms with Crippen LogP contribution < -0.4 is 19.2 Å². The zero-order valence-electron chi connectivity index (χ0n) is 19.2. The zero-order valence-corrected chi connectivity index (χ0v) is 19.2. The number of methoxy groups -OCH3 is 1. The van der Waals surface area contributed by atoms with Gasteiger partial charge in [-0.05, 0) is 43.3 Å². The standard InChI is InChI=1S/C26H23N3O6/c1-18-22(26(30)28(27-18)20-8-4-3-5-9-20)17-19-16-21(29(31)32)12-13-23(19)34-14-15-35-25-11-7-6-10-24(25)33-2/h3-13,16-17H,14-15H2,1-2H3/b22-17+. The number of para-hydroxylation sites is 3. The molecule has 0 saturated carbocycles. The van der Waals surface area contributed by atoms with Gasteiger partial charge in [0.15, 0.2) is 11.5 Å². The molecule has 178 valence electrons. The van der Waals surface area contributed by atoms with Gasteiger partial charge in [0, 0.05) is 17.7 Å². The number of nitro groups is 1. The SMILES string of the molecule is COc1ccccc1OCCOc1ccc([N+](=O)[O-])cc1/C=C1/C(=O)N(c2ccccc2)N=C1C. The number of amides is 1. The van der Waals surface area contributed by atoms with E-state index in [0.29, 0.717) is 39.8 Å². The minimum Gasteiger partial charge on any atom is -0.493 e. The Kier molecular flexibility index (Phi) is 7.06. The van der Waals surface area contributed by atoms with Crippen LogP contribution in [0.1, 0.15) is 12.5 Å². The summed E-state index contributed by atoms with van der Waals surface area (Å²) in [5, 5.41) is 17.0. The molecule has 0 unspecified atom stereocenters. The maximum Gasteiger partial charge on any atom is 0.280 e. The smallest absolute Gasteiger partial charge is 0.280 e. The van der Waals surface area contributed by atoms with Gasteiger partial charge in [-0.3, -0.25) is 14.9 Å². The number of non-ortho nitro benzene ring substituents is 1. The number of rotatable bonds is 9. The number of ether oxygens (including phenoxy) is 3. The lowest BCUT2D eigenvalue weighted by molar-refractivity contribution is -0.384. The van der Waals surface area contributed by atoms with E-state index in [1.165, 1.54) is 23.2 Å². The largest absolute Gasteiger partial charge is 0.493 e. The minimum atomic E-state index is -0.496. The van der Waals surface area contributed by atoms with E-state index in [2.05, 4.69) is 5.10 Å². The maximum atomic E-state index is 13.1. The molecule has 0 fully saturated rings. The molecule has 0 atom stereocenters. The molecule has 9 nitrogen and oxygen atoms in total. The Balaban J connectivity index is 1.54. The number of carbonyl (C=O) groups is 1. The Bertz CT molecular complexity index is 1300. The van der Waals surface area contributed by atoms with Crippen molar-refractivity contribution < 1.29 is 23.9 Å². The molecule has 1 heterocycles. The van der Waals surface area contributed by atoms with Crippen molar-refractivity contribution in [3.05, 3.63) is 94.0 Å². The second-order valence-corrected chi connectivity index (χ2v) is 7.52. The van der Waals surface area contributed by atoms with Crippen LogP contribution in [0.2, 0.25) is 0 Å². The van der Waals surface area contributed by atoms with Crippen molar-refractivity contribution in [3.8, 4) is 17.2 Å². The summed E-state index contributed by atoms with van der Waals surface area (Å²) < 4.78 is 16.9. The van der Waals surface area contributed by atoms with E-state index >= 15 is 0 Å². The van der Waals surface area contributed by atoms with Gasteiger partial charge in [-0.2, -0.15) is 10.1 Å². The Morgan fingerprint density at radius 3 is 2.29 bits per heavy atom. The summed E-state index contributed by atoms with van der Waals surface area (Å²) in [5.74, 6) is 1.23. The number of nitro benzene ring substituents is 1. The molecule has 4 rings (SSSR count). The molecule has 3 aromatic carbocycles. The average molecular weight is 473 g/mol. The molecule has 35 heavy (non-hydrogen) atoms. The lowest BCUT2D eigenvalue weighted by Crippen LogP contribution is -2.21. The van der Waals surface area contributed by atoms with Crippen LogP contribution in [0.4, 0.5) is 11.4 Å². The molecular formula is C26H23N3O6. The van der Waals surface area contributed by atoms with Gasteiger partial charge in [0.2, 0.25) is 0 Å². The van der Waals surface area contributed by atoms with Gasteiger partial charge < -0.3 is 14.2 Å². The molecule has 0 aliphatic carbocycles. The molecule has 0 saturated heterocycles. The molecule has 9 heteroatoms. The van der Waals surface area contributed by atoms with Gasteiger partial charge in [-0.15, -0.1) is 0 Å². The van der Waals surface area contributed by atoms with Crippen LogP contribution in [0.5, 0.6) is 17.2 Å². The molecule has 0 bridgehead atoms. The molecule has 0 radical (unpaired) electrons. The van der Waals surface area contributed by atoms with E-state index < -0.39 is 4.92 Å². The van der Waals surface area contributed by atoms with Crippen LogP contribution in [0.15, 0.2) is 83.5 Å². The van der Waals surface area contributed by atoms with Crippen molar-refractivity contribution >= 4 is 29.1 Å². The molecule has 0 spiro atoms. The van der Waals surface area contributed by atoms with E-state index in [4.69, 9.17) is 14.2 Å². The normalized spacial score (nSPS) is 14.1. The summed E-state index contributed by atoms with van der Waals surface area (Å²) >= 11 is 0. The van der Waals surface area contributed by atoms with Crippen molar-refractivity contribution in [1.82, 2.24) is 0 Å². The highest BCUT2D eigenvalue weighted by atomic mass is 16.6. The van der Waals surface area contributed by atoms with E-state index in [1.807, 2.05) is 30.3 Å². The summed E-state index contributed by atoms with van der Waals surface area (Å²) in [5.41, 5.74) is 1.73. The van der Waals surface area contributed by atoms with Gasteiger partial charge in [-0.1, -0.05) is 30.3 Å². The third kappa shape index (κ3) is 5.30. The van der Waals surface area contributed by atoms with E-state index in [9.17, 15) is 14.9 Å².